The number of sulfone groups is 1. The Morgan fingerprint density at radius 2 is 1.33 bits per heavy atom. The molecule has 2 aromatic rings. The highest BCUT2D eigenvalue weighted by Crippen LogP contribution is 2.46. The van der Waals surface area contributed by atoms with Gasteiger partial charge in [0, 0.05) is 20.8 Å². The Morgan fingerprint density at radius 1 is 0.756 bits per heavy atom. The van der Waals surface area contributed by atoms with Gasteiger partial charge in [-0.15, -0.1) is 0 Å². The molecule has 12 atom stereocenters. The summed E-state index contributed by atoms with van der Waals surface area (Å²) in [5.74, 6) is 0.734. The highest BCUT2D eigenvalue weighted by Gasteiger charge is 2.49. The predicted octanol–water partition coefficient (Wildman–Crippen LogP) is 16.6. The molecule has 0 radical (unpaired) electrons. The van der Waals surface area contributed by atoms with Crippen molar-refractivity contribution in [3.05, 3.63) is 71.8 Å². The molecule has 10 nitrogen and oxygen atoms in total. The number of aliphatic hydroxyl groups excluding tert-OH is 1. The van der Waals surface area contributed by atoms with Crippen LogP contribution in [0.5, 0.6) is 5.75 Å². The number of allylic oxidation sites excluding steroid dienone is 1. The van der Waals surface area contributed by atoms with Crippen molar-refractivity contribution in [2.24, 2.45) is 29.6 Å². The van der Waals surface area contributed by atoms with Gasteiger partial charge in [-0.25, -0.2) is 8.42 Å². The lowest BCUT2D eigenvalue weighted by Gasteiger charge is -2.48. The van der Waals surface area contributed by atoms with Crippen LogP contribution in [0, 0.1) is 29.6 Å². The Labute approximate surface area is 481 Å². The average molecular weight is 1160 g/mol. The van der Waals surface area contributed by atoms with E-state index in [1.807, 2.05) is 44.4 Å². The van der Waals surface area contributed by atoms with Crippen molar-refractivity contribution in [3.63, 3.8) is 0 Å². The van der Waals surface area contributed by atoms with Gasteiger partial charge in [-0.3, -0.25) is 0 Å². The Hall–Kier alpha value is -1.70. The fourth-order valence-electron chi connectivity index (χ4n) is 13.0. The molecule has 1 aliphatic carbocycles. The van der Waals surface area contributed by atoms with Gasteiger partial charge >= 0.3 is 0 Å². The van der Waals surface area contributed by atoms with E-state index in [1.165, 1.54) is 0 Å². The highest BCUT2D eigenvalue weighted by molar-refractivity contribution is 7.92. The van der Waals surface area contributed by atoms with Crippen molar-refractivity contribution in [2.45, 2.75) is 269 Å². The van der Waals surface area contributed by atoms with Crippen LogP contribution in [0.3, 0.4) is 0 Å². The first-order valence-electron chi connectivity index (χ1n) is 30.3. The van der Waals surface area contributed by atoms with Gasteiger partial charge in [0.05, 0.1) is 54.4 Å². The largest absolute Gasteiger partial charge is 0.497 e. The van der Waals surface area contributed by atoms with Crippen LogP contribution in [0.4, 0.5) is 0 Å². The van der Waals surface area contributed by atoms with Crippen molar-refractivity contribution in [1.29, 1.82) is 0 Å². The fraction of sp³-hybridized carbons (Fsp3) is 0.781. The van der Waals surface area contributed by atoms with Crippen LogP contribution in [0.2, 0.25) is 52.4 Å². The third-order valence-electron chi connectivity index (χ3n) is 19.0. The van der Waals surface area contributed by atoms with Crippen molar-refractivity contribution in [3.8, 4) is 5.75 Å². The molecule has 0 unspecified atom stereocenters. The molecule has 78 heavy (non-hydrogen) atoms. The summed E-state index contributed by atoms with van der Waals surface area (Å²) in [6.07, 6.45) is 4.25. The normalized spacial score (nSPS) is 21.1. The summed E-state index contributed by atoms with van der Waals surface area (Å²) in [5.41, 5.74) is 3.68. The van der Waals surface area contributed by atoms with Gasteiger partial charge in [0.25, 0.3) is 0 Å². The second-order valence-electron chi connectivity index (χ2n) is 26.8. The molecule has 0 aromatic heterocycles. The molecule has 3 rings (SSSR count). The Balaban J connectivity index is 2.11. The first kappa shape index (κ1) is 70.6. The van der Waals surface area contributed by atoms with E-state index in [9.17, 15) is 5.11 Å². The molecule has 450 valence electrons. The van der Waals surface area contributed by atoms with Crippen LogP contribution in [-0.2, 0) is 43.9 Å². The molecule has 0 bridgehead atoms. The second kappa shape index (κ2) is 31.3. The number of ether oxygens (including phenoxy) is 4. The first-order chi connectivity index (χ1) is 36.3. The lowest BCUT2D eigenvalue weighted by Crippen LogP contribution is -2.53. The minimum absolute atomic E-state index is 0.0280. The third-order valence-corrected chi connectivity index (χ3v) is 37.2. The van der Waals surface area contributed by atoms with Gasteiger partial charge in [0.2, 0.25) is 8.32 Å². The van der Waals surface area contributed by atoms with E-state index in [0.717, 1.165) is 61.1 Å². The molecule has 1 fully saturated rings. The lowest BCUT2D eigenvalue weighted by atomic mass is 9.78. The molecule has 0 aliphatic heterocycles. The van der Waals surface area contributed by atoms with E-state index in [0.29, 0.717) is 41.3 Å². The standard InChI is InChI=1S/C64H116O10SSi3/c1-24-77(25-2,44(3)4)74-62(63(70-21)61(71-43-53-31-34-55(68-19)35-32-53)51(14)37-48(11)42-72-76(22,23)64(16,17)18)52(15)38-50(13)60(75(66,67)56-29-27-26-28-30-56)41-57(65)49(12)39-54-33-36-58(59(40-54)69-20)73-78(45(5)6,46(7)8)47(9)10/h26-32,34-35,38,44-51,54,57-63,65H,24-25,33,36-37,39-43H2,1-23H3/b52-38+/t48-,49+,50+,51+,54-,57-,58+,59+,60-,61+,62+,63-/m0/s1. The average Bonchev–Trinajstić information content (AvgIpc) is 3.38. The number of aliphatic hydroxyl groups is 1. The number of benzene rings is 2. The van der Waals surface area contributed by atoms with E-state index in [4.69, 9.17) is 32.2 Å². The van der Waals surface area contributed by atoms with Gasteiger partial charge < -0.3 is 37.3 Å². The first-order valence-corrected chi connectivity index (χ1v) is 39.3. The monoisotopic (exact) mass is 1160 g/mol. The number of methoxy groups -OCH3 is 3. The molecular weight excluding hydrogens is 1050 g/mol. The van der Waals surface area contributed by atoms with Crippen molar-refractivity contribution in [2.75, 3.05) is 27.9 Å². The summed E-state index contributed by atoms with van der Waals surface area (Å²) in [7, 11) is -5.23. The molecule has 1 N–H and O–H groups in total. The van der Waals surface area contributed by atoms with E-state index < -0.39 is 70.4 Å². The van der Waals surface area contributed by atoms with Crippen LogP contribution < -0.4 is 4.74 Å². The summed E-state index contributed by atoms with van der Waals surface area (Å²) in [6.45, 7) is 46.3. The maximum Gasteiger partial charge on any atom is 0.200 e. The number of hydrogen-bond acceptors (Lipinski definition) is 10. The summed E-state index contributed by atoms with van der Waals surface area (Å²) < 4.78 is 77.7. The van der Waals surface area contributed by atoms with E-state index >= 15 is 8.42 Å². The second-order valence-corrected chi connectivity index (χ2v) is 44.1. The van der Waals surface area contributed by atoms with Crippen molar-refractivity contribution in [1.82, 2.24) is 0 Å². The minimum atomic E-state index is -3.93. The van der Waals surface area contributed by atoms with Gasteiger partial charge in [0.1, 0.15) is 11.9 Å². The van der Waals surface area contributed by atoms with E-state index in [1.54, 1.807) is 38.5 Å². The molecule has 0 saturated heterocycles. The van der Waals surface area contributed by atoms with Crippen LogP contribution in [-0.4, -0.2) is 108 Å². The fourth-order valence-corrected chi connectivity index (χ4v) is 25.3. The molecule has 0 heterocycles. The van der Waals surface area contributed by atoms with Crippen LogP contribution >= 0.6 is 0 Å². The van der Waals surface area contributed by atoms with Gasteiger partial charge in [-0.2, -0.15) is 0 Å². The zero-order valence-electron chi connectivity index (χ0n) is 53.6. The number of hydrogen-bond donors (Lipinski definition) is 1. The summed E-state index contributed by atoms with van der Waals surface area (Å²) in [6, 6.07) is 18.6. The molecule has 14 heteroatoms. The zero-order chi connectivity index (χ0) is 59.1. The van der Waals surface area contributed by atoms with Gasteiger partial charge in [-0.05, 0) is 163 Å². The van der Waals surface area contributed by atoms with Crippen LogP contribution in [0.25, 0.3) is 0 Å². The minimum Gasteiger partial charge on any atom is -0.497 e. The summed E-state index contributed by atoms with van der Waals surface area (Å²) in [5, 5.41) is 11.5. The maximum atomic E-state index is 15.1. The molecule has 1 aliphatic rings. The predicted molar refractivity (Wildman–Crippen MR) is 334 cm³/mol. The van der Waals surface area contributed by atoms with Gasteiger partial charge in [-0.1, -0.05) is 154 Å². The molecule has 0 spiro atoms. The zero-order valence-corrected chi connectivity index (χ0v) is 57.4. The van der Waals surface area contributed by atoms with Gasteiger partial charge in [0.15, 0.2) is 26.5 Å². The Bertz CT molecular complexity index is 2140. The quantitative estimate of drug-likeness (QED) is 0.0536. The Kier molecular flexibility index (Phi) is 28.3. The summed E-state index contributed by atoms with van der Waals surface area (Å²) >= 11 is 0. The topological polar surface area (TPSA) is 119 Å². The maximum absolute atomic E-state index is 15.1. The summed E-state index contributed by atoms with van der Waals surface area (Å²) in [4.78, 5) is 0.260. The van der Waals surface area contributed by atoms with Crippen molar-refractivity contribution >= 4 is 34.8 Å². The Morgan fingerprint density at radius 3 is 1.82 bits per heavy atom. The van der Waals surface area contributed by atoms with Crippen LogP contribution in [0.1, 0.15) is 169 Å². The lowest BCUT2D eigenvalue weighted by molar-refractivity contribution is -0.122. The SMILES string of the molecule is CC[Si](CC)(O[C@H](/C(C)=C/[C@@H](C)[C@H](C[C@H](O)[C@H](C)C[C@@H]1CC[C@@H](O[Si](C(C)C)(C(C)C)C(C)C)[C@H](OC)C1)S(=O)(=O)c1ccccc1)[C@@H](OC)[C@H](OCc1ccc(OC)cc1)[C@H](C)C[C@H](C)CO[Si](C)(C)C(C)(C)C)C(C)C. The van der Waals surface area contributed by atoms with Crippen LogP contribution in [0.15, 0.2) is 71.1 Å². The smallest absolute Gasteiger partial charge is 0.200 e. The third kappa shape index (κ3) is 18.4. The molecular formula is C64H116O10SSi3. The number of rotatable bonds is 34. The highest BCUT2D eigenvalue weighted by atomic mass is 32.2. The van der Waals surface area contributed by atoms with E-state index in [-0.39, 0.29) is 46.3 Å². The molecule has 1 saturated carbocycles. The molecule has 0 amide bonds. The molecule has 2 aromatic carbocycles. The van der Waals surface area contributed by atoms with E-state index in [2.05, 4.69) is 137 Å². The van der Waals surface area contributed by atoms with Crippen molar-refractivity contribution < 1.29 is 45.7 Å².